The molecule has 1 rings (SSSR count). The van der Waals surface area contributed by atoms with Crippen LogP contribution < -0.4 is 10.5 Å². The van der Waals surface area contributed by atoms with Gasteiger partial charge in [-0.1, -0.05) is 0 Å². The van der Waals surface area contributed by atoms with E-state index < -0.39 is 29.2 Å². The number of halogens is 6. The number of nitrogens with two attached hydrogens (primary N) is 1. The predicted octanol–water partition coefficient (Wildman–Crippen LogP) is 3.06. The lowest BCUT2D eigenvalue weighted by Crippen LogP contribution is -2.16. The molecule has 0 radical (unpaired) electrons. The second-order valence-corrected chi connectivity index (χ2v) is 3.34. The first kappa shape index (κ1) is 14.6. The Morgan fingerprint density at radius 3 is 2.06 bits per heavy atom. The summed E-state index contributed by atoms with van der Waals surface area (Å²) in [6, 6.07) is 1.19. The van der Waals surface area contributed by atoms with E-state index in [-0.39, 0.29) is 19.2 Å². The summed E-state index contributed by atoms with van der Waals surface area (Å²) in [6.45, 7) is -0.257. The van der Waals surface area contributed by atoms with E-state index in [9.17, 15) is 26.3 Å². The first-order valence-electron chi connectivity index (χ1n) is 4.77. The molecule has 0 saturated heterocycles. The molecule has 0 bridgehead atoms. The Labute approximate surface area is 98.3 Å². The van der Waals surface area contributed by atoms with E-state index in [1.807, 2.05) is 0 Å². The molecule has 0 fully saturated rings. The lowest BCUT2D eigenvalue weighted by Gasteiger charge is -2.16. The summed E-state index contributed by atoms with van der Waals surface area (Å²) < 4.78 is 79.3. The van der Waals surface area contributed by atoms with Crippen molar-refractivity contribution in [1.82, 2.24) is 0 Å². The molecule has 0 aliphatic rings. The molecule has 0 aliphatic heterocycles. The monoisotopic (exact) mass is 273 g/mol. The maximum atomic E-state index is 12.6. The number of rotatable bonds is 3. The van der Waals surface area contributed by atoms with Gasteiger partial charge < -0.3 is 10.5 Å². The highest BCUT2D eigenvalue weighted by Gasteiger charge is 2.38. The summed E-state index contributed by atoms with van der Waals surface area (Å²) in [7, 11) is 0. The van der Waals surface area contributed by atoms with E-state index in [0.717, 1.165) is 0 Å². The zero-order valence-electron chi connectivity index (χ0n) is 8.90. The molecule has 0 unspecified atom stereocenters. The first-order valence-corrected chi connectivity index (χ1v) is 4.77. The van der Waals surface area contributed by atoms with Crippen LogP contribution in [-0.4, -0.2) is 13.2 Å². The normalized spacial score (nSPS) is 12.6. The summed E-state index contributed by atoms with van der Waals surface area (Å²) in [5.74, 6) is -0.666. The summed E-state index contributed by atoms with van der Waals surface area (Å²) in [5.41, 5.74) is 2.20. The van der Waals surface area contributed by atoms with Crippen molar-refractivity contribution in [2.75, 3.05) is 13.2 Å². The minimum absolute atomic E-state index is 0.0197. The minimum atomic E-state index is -4.93. The highest BCUT2D eigenvalue weighted by molar-refractivity contribution is 5.40. The van der Waals surface area contributed by atoms with E-state index in [1.165, 1.54) is 0 Å². The third-order valence-electron chi connectivity index (χ3n) is 1.99. The topological polar surface area (TPSA) is 35.2 Å². The first-order chi connectivity index (χ1) is 8.16. The van der Waals surface area contributed by atoms with Crippen LogP contribution in [0.4, 0.5) is 26.3 Å². The molecule has 102 valence electrons. The summed E-state index contributed by atoms with van der Waals surface area (Å²) >= 11 is 0. The van der Waals surface area contributed by atoms with Crippen LogP contribution >= 0.6 is 0 Å². The van der Waals surface area contributed by atoms with Crippen molar-refractivity contribution >= 4 is 0 Å². The van der Waals surface area contributed by atoms with Crippen molar-refractivity contribution in [1.29, 1.82) is 0 Å². The molecule has 0 saturated carbocycles. The Hall–Kier alpha value is -1.44. The highest BCUT2D eigenvalue weighted by atomic mass is 19.4. The van der Waals surface area contributed by atoms with Crippen molar-refractivity contribution in [2.45, 2.75) is 12.4 Å². The number of ether oxygens (including phenoxy) is 1. The fraction of sp³-hybridized carbons (Fsp3) is 0.400. The van der Waals surface area contributed by atoms with Gasteiger partial charge in [0.2, 0.25) is 0 Å². The molecule has 8 heteroatoms. The molecule has 0 spiro atoms. The van der Waals surface area contributed by atoms with Crippen LogP contribution in [0.2, 0.25) is 0 Å². The Balaban J connectivity index is 3.21. The lowest BCUT2D eigenvalue weighted by molar-refractivity contribution is -0.143. The van der Waals surface area contributed by atoms with Crippen LogP contribution in [0.5, 0.6) is 5.75 Å². The van der Waals surface area contributed by atoms with E-state index in [0.29, 0.717) is 12.1 Å². The molecule has 1 aromatic rings. The Morgan fingerprint density at radius 2 is 1.61 bits per heavy atom. The zero-order chi connectivity index (χ0) is 14.0. The number of benzene rings is 1. The standard InChI is InChI=1S/C10H9F6NO/c11-9(12,13)6-1-2-8(18-4-3-17)7(5-6)10(14,15)16/h1-2,5H,3-4,17H2. The zero-order valence-corrected chi connectivity index (χ0v) is 8.90. The number of hydrogen-bond acceptors (Lipinski definition) is 2. The van der Waals surface area contributed by atoms with Gasteiger partial charge in [0, 0.05) is 6.54 Å². The van der Waals surface area contributed by atoms with E-state index >= 15 is 0 Å². The predicted molar refractivity (Wildman–Crippen MR) is 51.0 cm³/mol. The van der Waals surface area contributed by atoms with Gasteiger partial charge in [0.25, 0.3) is 0 Å². The van der Waals surface area contributed by atoms with Crippen molar-refractivity contribution in [2.24, 2.45) is 5.73 Å². The average Bonchev–Trinajstić information content (AvgIpc) is 2.23. The molecule has 0 aromatic heterocycles. The SMILES string of the molecule is NCCOc1ccc(C(F)(F)F)cc1C(F)(F)F. The third-order valence-corrected chi connectivity index (χ3v) is 1.99. The third kappa shape index (κ3) is 3.52. The van der Waals surface area contributed by atoms with Gasteiger partial charge in [0.05, 0.1) is 11.1 Å². The van der Waals surface area contributed by atoms with Crippen LogP contribution in [0.3, 0.4) is 0 Å². The van der Waals surface area contributed by atoms with Crippen LogP contribution in [-0.2, 0) is 12.4 Å². The molecule has 0 atom stereocenters. The largest absolute Gasteiger partial charge is 0.492 e. The second kappa shape index (κ2) is 5.05. The number of alkyl halides is 6. The minimum Gasteiger partial charge on any atom is -0.492 e. The van der Waals surface area contributed by atoms with Gasteiger partial charge in [-0.3, -0.25) is 0 Å². The van der Waals surface area contributed by atoms with Gasteiger partial charge in [-0.15, -0.1) is 0 Å². The Morgan fingerprint density at radius 1 is 1.00 bits per heavy atom. The molecule has 0 aliphatic carbocycles. The van der Waals surface area contributed by atoms with Crippen LogP contribution in [0.1, 0.15) is 11.1 Å². The fourth-order valence-corrected chi connectivity index (χ4v) is 1.22. The van der Waals surface area contributed by atoms with Crippen LogP contribution in [0.15, 0.2) is 18.2 Å². The van der Waals surface area contributed by atoms with Crippen molar-refractivity contribution in [3.05, 3.63) is 29.3 Å². The van der Waals surface area contributed by atoms with E-state index in [2.05, 4.69) is 4.74 Å². The molecule has 1 aromatic carbocycles. The van der Waals surface area contributed by atoms with Crippen molar-refractivity contribution in [3.8, 4) is 5.75 Å². The van der Waals surface area contributed by atoms with Gasteiger partial charge in [-0.25, -0.2) is 0 Å². The van der Waals surface area contributed by atoms with Crippen LogP contribution in [0, 0.1) is 0 Å². The molecule has 2 nitrogen and oxygen atoms in total. The molecule has 18 heavy (non-hydrogen) atoms. The van der Waals surface area contributed by atoms with Gasteiger partial charge >= 0.3 is 12.4 Å². The average molecular weight is 273 g/mol. The Bertz CT molecular complexity index is 412. The maximum absolute atomic E-state index is 12.6. The summed E-state index contributed by atoms with van der Waals surface area (Å²) in [4.78, 5) is 0. The van der Waals surface area contributed by atoms with Gasteiger partial charge in [-0.2, -0.15) is 26.3 Å². The van der Waals surface area contributed by atoms with E-state index in [4.69, 9.17) is 5.73 Å². The molecule has 0 amide bonds. The van der Waals surface area contributed by atoms with Gasteiger partial charge in [0.1, 0.15) is 12.4 Å². The lowest BCUT2D eigenvalue weighted by atomic mass is 10.1. The van der Waals surface area contributed by atoms with Crippen LogP contribution in [0.25, 0.3) is 0 Å². The molecule has 2 N–H and O–H groups in total. The summed E-state index contributed by atoms with van der Waals surface area (Å²) in [5, 5.41) is 0. The van der Waals surface area contributed by atoms with E-state index in [1.54, 1.807) is 0 Å². The maximum Gasteiger partial charge on any atom is 0.419 e. The number of hydrogen-bond donors (Lipinski definition) is 1. The van der Waals surface area contributed by atoms with Gasteiger partial charge in [-0.05, 0) is 18.2 Å². The van der Waals surface area contributed by atoms with Crippen molar-refractivity contribution < 1.29 is 31.1 Å². The second-order valence-electron chi connectivity index (χ2n) is 3.34. The van der Waals surface area contributed by atoms with Gasteiger partial charge in [0.15, 0.2) is 0 Å². The molecule has 0 heterocycles. The molecular formula is C10H9F6NO. The molecular weight excluding hydrogens is 264 g/mol. The summed E-state index contributed by atoms with van der Waals surface area (Å²) in [6.07, 6.45) is -9.77. The smallest absolute Gasteiger partial charge is 0.419 e. The Kier molecular flexibility index (Phi) is 4.10. The highest BCUT2D eigenvalue weighted by Crippen LogP contribution is 2.40. The van der Waals surface area contributed by atoms with Crippen molar-refractivity contribution in [3.63, 3.8) is 0 Å². The quantitative estimate of drug-likeness (QED) is 0.859. The fourth-order valence-electron chi connectivity index (χ4n) is 1.22.